The maximum absolute atomic E-state index is 12.1. The summed E-state index contributed by atoms with van der Waals surface area (Å²) in [7, 11) is 0. The number of ether oxygens (including phenoxy) is 1. The van der Waals surface area contributed by atoms with E-state index in [1.54, 1.807) is 9.80 Å². The highest BCUT2D eigenvalue weighted by atomic mass is 16.6. The maximum Gasteiger partial charge on any atom is 0.410 e. The zero-order valence-electron chi connectivity index (χ0n) is 11.8. The number of amides is 2. The minimum Gasteiger partial charge on any atom is -0.444 e. The predicted molar refractivity (Wildman–Crippen MR) is 68.5 cm³/mol. The number of carbonyl (C=O) groups excluding carboxylic acids is 2. The lowest BCUT2D eigenvalue weighted by atomic mass is 10.2. The molecule has 2 atom stereocenters. The first kappa shape index (κ1) is 14.1. The normalized spacial score (nSPS) is 28.1. The van der Waals surface area contributed by atoms with Gasteiger partial charge in [0.2, 0.25) is 0 Å². The van der Waals surface area contributed by atoms with Crippen molar-refractivity contribution in [3.63, 3.8) is 0 Å². The second-order valence-electron chi connectivity index (χ2n) is 6.22. The van der Waals surface area contributed by atoms with Gasteiger partial charge in [-0.2, -0.15) is 0 Å². The molecule has 2 saturated heterocycles. The predicted octanol–water partition coefficient (Wildman–Crippen LogP) is 0.589. The van der Waals surface area contributed by atoms with Gasteiger partial charge in [0.05, 0.1) is 6.04 Å². The fourth-order valence-electron chi connectivity index (χ4n) is 2.59. The van der Waals surface area contributed by atoms with Gasteiger partial charge in [-0.25, -0.2) is 4.79 Å². The van der Waals surface area contributed by atoms with Crippen LogP contribution in [0.25, 0.3) is 0 Å². The Morgan fingerprint density at radius 1 is 1.37 bits per heavy atom. The lowest BCUT2D eigenvalue weighted by Gasteiger charge is -2.28. The summed E-state index contributed by atoms with van der Waals surface area (Å²) in [4.78, 5) is 27.1. The summed E-state index contributed by atoms with van der Waals surface area (Å²) in [5.74, 6) is -0.212. The summed E-state index contributed by atoms with van der Waals surface area (Å²) in [6.45, 7) is 7.12. The molecule has 0 aromatic carbocycles. The van der Waals surface area contributed by atoms with Crippen LogP contribution in [0.15, 0.2) is 0 Å². The van der Waals surface area contributed by atoms with Crippen molar-refractivity contribution in [1.29, 1.82) is 0 Å². The van der Waals surface area contributed by atoms with Gasteiger partial charge in [0.1, 0.15) is 11.7 Å². The van der Waals surface area contributed by atoms with Crippen LogP contribution in [-0.4, -0.2) is 64.3 Å². The van der Waals surface area contributed by atoms with Crippen molar-refractivity contribution in [1.82, 2.24) is 9.80 Å². The molecule has 2 aliphatic rings. The molecule has 108 valence electrons. The third-order valence-corrected chi connectivity index (χ3v) is 3.41. The zero-order chi connectivity index (χ0) is 14.2. The number of nitrogens with zero attached hydrogens (tertiary/aromatic N) is 2. The number of hydrogen-bond acceptors (Lipinski definition) is 4. The van der Waals surface area contributed by atoms with Gasteiger partial charge in [0.25, 0.3) is 5.91 Å². The van der Waals surface area contributed by atoms with E-state index in [1.165, 1.54) is 0 Å². The average Bonchev–Trinajstić information content (AvgIpc) is 2.49. The number of hydrogen-bond donors (Lipinski definition) is 1. The van der Waals surface area contributed by atoms with Crippen molar-refractivity contribution in [2.75, 3.05) is 19.6 Å². The van der Waals surface area contributed by atoms with E-state index in [-0.39, 0.29) is 18.0 Å². The van der Waals surface area contributed by atoms with Gasteiger partial charge < -0.3 is 19.6 Å². The Hall–Kier alpha value is -1.30. The molecular formula is C13H22N2O4. The molecule has 0 spiro atoms. The summed E-state index contributed by atoms with van der Waals surface area (Å²) in [6, 6.07) is -0.0856. The second kappa shape index (κ2) is 5.00. The van der Waals surface area contributed by atoms with E-state index in [0.717, 1.165) is 0 Å². The minimum absolute atomic E-state index is 0.0856. The molecule has 0 radical (unpaired) electrons. The molecule has 0 aromatic heterocycles. The number of carbonyl (C=O) groups is 2. The molecule has 6 heteroatoms. The molecule has 2 aliphatic heterocycles. The van der Waals surface area contributed by atoms with E-state index in [0.29, 0.717) is 32.5 Å². The van der Waals surface area contributed by atoms with E-state index < -0.39 is 11.7 Å². The Morgan fingerprint density at radius 2 is 2.05 bits per heavy atom. The van der Waals surface area contributed by atoms with Gasteiger partial charge in [0.15, 0.2) is 0 Å². The van der Waals surface area contributed by atoms with Crippen molar-refractivity contribution in [2.24, 2.45) is 0 Å². The minimum atomic E-state index is -0.913. The van der Waals surface area contributed by atoms with Gasteiger partial charge in [-0.15, -0.1) is 0 Å². The van der Waals surface area contributed by atoms with Crippen LogP contribution in [0.3, 0.4) is 0 Å². The lowest BCUT2D eigenvalue weighted by Crippen LogP contribution is -2.42. The van der Waals surface area contributed by atoms with E-state index in [2.05, 4.69) is 0 Å². The van der Waals surface area contributed by atoms with Gasteiger partial charge >= 0.3 is 6.09 Å². The molecule has 2 rings (SSSR count). The first-order chi connectivity index (χ1) is 8.78. The van der Waals surface area contributed by atoms with Crippen LogP contribution in [-0.2, 0) is 9.53 Å². The van der Waals surface area contributed by atoms with Crippen LogP contribution in [0.2, 0.25) is 0 Å². The van der Waals surface area contributed by atoms with E-state index >= 15 is 0 Å². The Labute approximate surface area is 113 Å². The van der Waals surface area contributed by atoms with Crippen LogP contribution >= 0.6 is 0 Å². The summed E-state index contributed by atoms with van der Waals surface area (Å²) in [5.41, 5.74) is -0.520. The highest BCUT2D eigenvalue weighted by Gasteiger charge is 2.41. The molecule has 0 saturated carbocycles. The van der Waals surface area contributed by atoms with Crippen molar-refractivity contribution in [3.05, 3.63) is 0 Å². The number of rotatable bonds is 0. The SMILES string of the molecule is CC(C)(C)OC(=O)N1CCCN2C(=O)[C@@H](O)C[C@H]2C1. The van der Waals surface area contributed by atoms with Crippen LogP contribution in [0, 0.1) is 0 Å². The maximum atomic E-state index is 12.1. The molecule has 0 aliphatic carbocycles. The van der Waals surface area contributed by atoms with Crippen LogP contribution < -0.4 is 0 Å². The Kier molecular flexibility index (Phi) is 3.71. The molecule has 1 N–H and O–H groups in total. The molecule has 0 aromatic rings. The highest BCUT2D eigenvalue weighted by molar-refractivity contribution is 5.83. The van der Waals surface area contributed by atoms with E-state index in [1.807, 2.05) is 20.8 Å². The quantitative estimate of drug-likeness (QED) is 0.699. The Bertz CT molecular complexity index is 377. The summed E-state index contributed by atoms with van der Waals surface area (Å²) >= 11 is 0. The molecule has 2 fully saturated rings. The van der Waals surface area contributed by atoms with Gasteiger partial charge in [0, 0.05) is 26.1 Å². The molecule has 2 heterocycles. The Balaban J connectivity index is 2.02. The molecule has 2 amide bonds. The fourth-order valence-corrected chi connectivity index (χ4v) is 2.59. The van der Waals surface area contributed by atoms with E-state index in [9.17, 15) is 14.7 Å². The first-order valence-electron chi connectivity index (χ1n) is 6.74. The third kappa shape index (κ3) is 3.18. The topological polar surface area (TPSA) is 70.1 Å². The molecule has 6 nitrogen and oxygen atoms in total. The van der Waals surface area contributed by atoms with E-state index in [4.69, 9.17) is 4.74 Å². The monoisotopic (exact) mass is 270 g/mol. The van der Waals surface area contributed by atoms with Crippen molar-refractivity contribution < 1.29 is 19.4 Å². The van der Waals surface area contributed by atoms with Gasteiger partial charge in [-0.1, -0.05) is 0 Å². The number of fused-ring (bicyclic) bond motifs is 1. The molecule has 0 unspecified atom stereocenters. The van der Waals surface area contributed by atoms with Crippen molar-refractivity contribution in [2.45, 2.75) is 51.4 Å². The largest absolute Gasteiger partial charge is 0.444 e. The summed E-state index contributed by atoms with van der Waals surface area (Å²) < 4.78 is 5.36. The standard InChI is InChI=1S/C13H22N2O4/c1-13(2,3)19-12(18)14-5-4-6-15-9(8-14)7-10(16)11(15)17/h9-10,16H,4-8H2,1-3H3/t9-,10-/m0/s1. The highest BCUT2D eigenvalue weighted by Crippen LogP contribution is 2.24. The molecule has 19 heavy (non-hydrogen) atoms. The third-order valence-electron chi connectivity index (χ3n) is 3.41. The Morgan fingerprint density at radius 3 is 2.68 bits per heavy atom. The number of aliphatic hydroxyl groups excluding tert-OH is 1. The smallest absolute Gasteiger partial charge is 0.410 e. The summed E-state index contributed by atoms with van der Waals surface area (Å²) in [6.07, 6.45) is -0.140. The number of aliphatic hydroxyl groups is 1. The molecule has 0 bridgehead atoms. The van der Waals surface area contributed by atoms with Gasteiger partial charge in [-0.05, 0) is 27.2 Å². The van der Waals surface area contributed by atoms with Crippen LogP contribution in [0.5, 0.6) is 0 Å². The fraction of sp³-hybridized carbons (Fsp3) is 0.846. The first-order valence-corrected chi connectivity index (χ1v) is 6.74. The van der Waals surface area contributed by atoms with Crippen LogP contribution in [0.4, 0.5) is 4.79 Å². The molecular weight excluding hydrogens is 248 g/mol. The van der Waals surface area contributed by atoms with Gasteiger partial charge in [-0.3, -0.25) is 4.79 Å². The second-order valence-corrected chi connectivity index (χ2v) is 6.22. The average molecular weight is 270 g/mol. The lowest BCUT2D eigenvalue weighted by molar-refractivity contribution is -0.135. The van der Waals surface area contributed by atoms with Crippen molar-refractivity contribution >= 4 is 12.0 Å². The van der Waals surface area contributed by atoms with Crippen LogP contribution in [0.1, 0.15) is 33.6 Å². The van der Waals surface area contributed by atoms with Crippen molar-refractivity contribution in [3.8, 4) is 0 Å². The summed E-state index contributed by atoms with van der Waals surface area (Å²) in [5, 5.41) is 9.61. The zero-order valence-corrected chi connectivity index (χ0v) is 11.8.